The van der Waals surface area contributed by atoms with E-state index < -0.39 is 0 Å². The van der Waals surface area contributed by atoms with Gasteiger partial charge in [-0.1, -0.05) is 20.8 Å². The van der Waals surface area contributed by atoms with Crippen LogP contribution in [0.15, 0.2) is 12.1 Å². The van der Waals surface area contributed by atoms with Crippen LogP contribution in [-0.4, -0.2) is 0 Å². The summed E-state index contributed by atoms with van der Waals surface area (Å²) in [6.07, 6.45) is 0. The molecule has 0 saturated carbocycles. The van der Waals surface area contributed by atoms with Crippen LogP contribution >= 0.6 is 11.3 Å². The average Bonchev–Trinajstić information content (AvgIpc) is 2.11. The molecule has 10 heavy (non-hydrogen) atoms. The molecule has 1 heterocycles. The quantitative estimate of drug-likeness (QED) is 0.537. The zero-order valence-electron chi connectivity index (χ0n) is 7.06. The van der Waals surface area contributed by atoms with Crippen LogP contribution in [0.25, 0.3) is 0 Å². The zero-order chi connectivity index (χ0) is 7.78. The van der Waals surface area contributed by atoms with Gasteiger partial charge in [-0.25, -0.2) is 0 Å². The lowest BCUT2D eigenvalue weighted by molar-refractivity contribution is 0.604. The van der Waals surface area contributed by atoms with E-state index in [0.29, 0.717) is 5.41 Å². The van der Waals surface area contributed by atoms with E-state index >= 15 is 0 Å². The monoisotopic (exact) mass is 154 g/mol. The zero-order valence-corrected chi connectivity index (χ0v) is 7.88. The summed E-state index contributed by atoms with van der Waals surface area (Å²) in [5.74, 6) is 0. The van der Waals surface area contributed by atoms with Gasteiger partial charge in [-0.15, -0.1) is 11.3 Å². The highest BCUT2D eigenvalue weighted by molar-refractivity contribution is 7.12. The van der Waals surface area contributed by atoms with Crippen molar-refractivity contribution in [2.75, 3.05) is 0 Å². The molecule has 0 aliphatic rings. The molecule has 0 amide bonds. The lowest BCUT2D eigenvalue weighted by atomic mass is 9.95. The summed E-state index contributed by atoms with van der Waals surface area (Å²) >= 11 is 1.89. The second kappa shape index (κ2) is 2.39. The lowest BCUT2D eigenvalue weighted by Gasteiger charge is -2.14. The number of hydrogen-bond donors (Lipinski definition) is 0. The third kappa shape index (κ3) is 1.60. The molecule has 0 aliphatic carbocycles. The van der Waals surface area contributed by atoms with Crippen LogP contribution in [0.3, 0.4) is 0 Å². The maximum Gasteiger partial charge on any atom is 0.0102 e. The minimum absolute atomic E-state index is 0.332. The Labute approximate surface area is 66.9 Å². The summed E-state index contributed by atoms with van der Waals surface area (Å²) in [4.78, 5) is 2.88. The molecule has 1 rings (SSSR count). The maximum atomic E-state index is 2.25. The van der Waals surface area contributed by atoms with Gasteiger partial charge in [0.1, 0.15) is 0 Å². The second-order valence-electron chi connectivity index (χ2n) is 3.66. The molecule has 0 N–H and O–H groups in total. The lowest BCUT2D eigenvalue weighted by Crippen LogP contribution is -2.07. The molecule has 0 spiro atoms. The third-order valence-electron chi connectivity index (χ3n) is 1.48. The molecule has 0 radical (unpaired) electrons. The summed E-state index contributed by atoms with van der Waals surface area (Å²) in [5, 5.41) is 0. The molecule has 0 atom stereocenters. The smallest absolute Gasteiger partial charge is 0.0102 e. The first-order valence-corrected chi connectivity index (χ1v) is 4.39. The Kier molecular flexibility index (Phi) is 1.86. The highest BCUT2D eigenvalue weighted by atomic mass is 32.1. The van der Waals surface area contributed by atoms with Crippen molar-refractivity contribution in [3.8, 4) is 0 Å². The summed E-state index contributed by atoms with van der Waals surface area (Å²) in [6, 6.07) is 4.41. The third-order valence-corrected chi connectivity index (χ3v) is 2.91. The molecule has 0 aliphatic heterocycles. The van der Waals surface area contributed by atoms with Gasteiger partial charge in [0.15, 0.2) is 0 Å². The van der Waals surface area contributed by atoms with Crippen molar-refractivity contribution in [1.29, 1.82) is 0 Å². The van der Waals surface area contributed by atoms with Gasteiger partial charge in [-0.3, -0.25) is 0 Å². The van der Waals surface area contributed by atoms with E-state index in [-0.39, 0.29) is 0 Å². The highest BCUT2D eigenvalue weighted by Crippen LogP contribution is 2.28. The Balaban J connectivity index is 2.96. The molecule has 1 aromatic heterocycles. The Hall–Kier alpha value is -0.300. The molecule has 0 fully saturated rings. The van der Waals surface area contributed by atoms with Crippen LogP contribution in [-0.2, 0) is 5.41 Å². The van der Waals surface area contributed by atoms with Gasteiger partial charge >= 0.3 is 0 Å². The molecule has 0 bridgehead atoms. The highest BCUT2D eigenvalue weighted by Gasteiger charge is 2.14. The van der Waals surface area contributed by atoms with Crippen LogP contribution < -0.4 is 0 Å². The summed E-state index contributed by atoms with van der Waals surface area (Å²) < 4.78 is 0. The predicted octanol–water partition coefficient (Wildman–Crippen LogP) is 3.35. The van der Waals surface area contributed by atoms with Crippen LogP contribution in [0.1, 0.15) is 30.5 Å². The molecule has 0 saturated heterocycles. The van der Waals surface area contributed by atoms with E-state index in [9.17, 15) is 0 Å². The van der Waals surface area contributed by atoms with Gasteiger partial charge < -0.3 is 0 Å². The first-order valence-electron chi connectivity index (χ1n) is 3.57. The number of thiophene rings is 1. The second-order valence-corrected chi connectivity index (χ2v) is 4.95. The molecule has 56 valence electrons. The predicted molar refractivity (Wildman–Crippen MR) is 47.8 cm³/mol. The van der Waals surface area contributed by atoms with Gasteiger partial charge in [0.05, 0.1) is 0 Å². The van der Waals surface area contributed by atoms with E-state index in [0.717, 1.165) is 0 Å². The molecule has 1 aromatic rings. The molecular weight excluding hydrogens is 140 g/mol. The Morgan fingerprint density at radius 2 is 1.80 bits per heavy atom. The van der Waals surface area contributed by atoms with Crippen LogP contribution in [0.5, 0.6) is 0 Å². The first kappa shape index (κ1) is 7.80. The Morgan fingerprint density at radius 3 is 2.00 bits per heavy atom. The fourth-order valence-corrected chi connectivity index (χ4v) is 1.76. The van der Waals surface area contributed by atoms with Gasteiger partial charge in [-0.05, 0) is 24.5 Å². The van der Waals surface area contributed by atoms with Gasteiger partial charge in [0.25, 0.3) is 0 Å². The fraction of sp³-hybridized carbons (Fsp3) is 0.556. The minimum atomic E-state index is 0.332. The summed E-state index contributed by atoms with van der Waals surface area (Å²) in [5.41, 5.74) is 0.332. The van der Waals surface area contributed by atoms with Crippen molar-refractivity contribution < 1.29 is 0 Å². The Morgan fingerprint density at radius 1 is 1.20 bits per heavy atom. The van der Waals surface area contributed by atoms with E-state index in [4.69, 9.17) is 0 Å². The SMILES string of the molecule is Cc1ccc(C(C)(C)C)s1. The maximum absolute atomic E-state index is 2.25. The van der Waals surface area contributed by atoms with Crippen molar-refractivity contribution in [3.05, 3.63) is 21.9 Å². The van der Waals surface area contributed by atoms with Crippen molar-refractivity contribution in [1.82, 2.24) is 0 Å². The first-order chi connectivity index (χ1) is 4.50. The van der Waals surface area contributed by atoms with Crippen molar-refractivity contribution in [2.45, 2.75) is 33.1 Å². The molecule has 0 nitrogen and oxygen atoms in total. The van der Waals surface area contributed by atoms with Crippen LogP contribution in [0.2, 0.25) is 0 Å². The van der Waals surface area contributed by atoms with E-state index in [1.54, 1.807) is 0 Å². The number of hydrogen-bond acceptors (Lipinski definition) is 1. The minimum Gasteiger partial charge on any atom is -0.145 e. The average molecular weight is 154 g/mol. The van der Waals surface area contributed by atoms with Crippen molar-refractivity contribution >= 4 is 11.3 Å². The molecule has 0 aromatic carbocycles. The Bertz CT molecular complexity index is 215. The molecular formula is C9H14S. The summed E-state index contributed by atoms with van der Waals surface area (Å²) in [7, 11) is 0. The largest absolute Gasteiger partial charge is 0.145 e. The fourth-order valence-electron chi connectivity index (χ4n) is 0.838. The summed E-state index contributed by atoms with van der Waals surface area (Å²) in [6.45, 7) is 8.90. The topological polar surface area (TPSA) is 0 Å². The van der Waals surface area contributed by atoms with Gasteiger partial charge in [-0.2, -0.15) is 0 Å². The van der Waals surface area contributed by atoms with E-state index in [1.807, 2.05) is 11.3 Å². The van der Waals surface area contributed by atoms with Crippen molar-refractivity contribution in [2.24, 2.45) is 0 Å². The van der Waals surface area contributed by atoms with Gasteiger partial charge in [0.2, 0.25) is 0 Å². The van der Waals surface area contributed by atoms with Crippen molar-refractivity contribution in [3.63, 3.8) is 0 Å². The normalized spacial score (nSPS) is 12.0. The van der Waals surface area contributed by atoms with Crippen LogP contribution in [0, 0.1) is 6.92 Å². The van der Waals surface area contributed by atoms with E-state index in [2.05, 4.69) is 39.8 Å². The number of aryl methyl sites for hydroxylation is 1. The molecule has 1 heteroatoms. The van der Waals surface area contributed by atoms with Crippen LogP contribution in [0.4, 0.5) is 0 Å². The van der Waals surface area contributed by atoms with E-state index in [1.165, 1.54) is 9.75 Å². The molecule has 0 unspecified atom stereocenters. The number of rotatable bonds is 0. The standard InChI is InChI=1S/C9H14S/c1-7-5-6-8(10-7)9(2,3)4/h5-6H,1-4H3. The van der Waals surface area contributed by atoms with Gasteiger partial charge in [0, 0.05) is 9.75 Å².